The van der Waals surface area contributed by atoms with Gasteiger partial charge in [0.05, 0.1) is 13.1 Å². The largest absolute Gasteiger partial charge is 0.324 e. The average molecular weight is 328 g/mol. The topological polar surface area (TPSA) is 95.9 Å². The summed E-state index contributed by atoms with van der Waals surface area (Å²) in [4.78, 5) is 33.6. The molecular weight excluding hydrogens is 308 g/mol. The van der Waals surface area contributed by atoms with Crippen molar-refractivity contribution in [3.8, 4) is 0 Å². The van der Waals surface area contributed by atoms with Gasteiger partial charge >= 0.3 is 6.03 Å². The zero-order valence-corrected chi connectivity index (χ0v) is 13.6. The van der Waals surface area contributed by atoms with E-state index in [4.69, 9.17) is 0 Å². The number of H-pyrrole nitrogens is 1. The molecule has 0 atom stereocenters. The van der Waals surface area contributed by atoms with Crippen LogP contribution in [0.1, 0.15) is 35.7 Å². The smallest absolute Gasteiger partial charge is 0.322 e. The lowest BCUT2D eigenvalue weighted by Crippen LogP contribution is -2.42. The van der Waals surface area contributed by atoms with Gasteiger partial charge in [-0.25, -0.2) is 14.5 Å². The van der Waals surface area contributed by atoms with Crippen LogP contribution in [0.25, 0.3) is 0 Å². The number of hydrogen-bond donors (Lipinski definition) is 2. The lowest BCUT2D eigenvalue weighted by atomic mass is 9.96. The van der Waals surface area contributed by atoms with E-state index in [-0.39, 0.29) is 11.6 Å². The fraction of sp³-hybridized carbons (Fsp3) is 0.500. The van der Waals surface area contributed by atoms with E-state index in [1.807, 2.05) is 17.7 Å². The van der Waals surface area contributed by atoms with E-state index in [0.717, 1.165) is 42.8 Å². The zero-order valence-electron chi connectivity index (χ0n) is 13.6. The van der Waals surface area contributed by atoms with Crippen molar-refractivity contribution in [2.45, 2.75) is 45.7 Å². The first-order valence-corrected chi connectivity index (χ1v) is 8.31. The Hall–Kier alpha value is -2.64. The SMILES string of the molecule is Cc1nc2n(n1)CCN(C(=O)Nc1cc3c([nH]c1=O)CCCC3)C2. The third-order valence-corrected chi connectivity index (χ3v) is 4.64. The van der Waals surface area contributed by atoms with Crippen molar-refractivity contribution in [2.75, 3.05) is 11.9 Å². The van der Waals surface area contributed by atoms with Gasteiger partial charge in [0, 0.05) is 12.2 Å². The Kier molecular flexibility index (Phi) is 3.59. The van der Waals surface area contributed by atoms with Gasteiger partial charge in [-0.3, -0.25) is 4.79 Å². The summed E-state index contributed by atoms with van der Waals surface area (Å²) >= 11 is 0. The molecule has 4 rings (SSSR count). The number of pyridine rings is 1. The maximum Gasteiger partial charge on any atom is 0.322 e. The second-order valence-electron chi connectivity index (χ2n) is 6.37. The second kappa shape index (κ2) is 5.77. The molecule has 3 heterocycles. The molecule has 2 N–H and O–H groups in total. The number of nitrogens with zero attached hydrogens (tertiary/aromatic N) is 4. The Morgan fingerprint density at radius 1 is 1.29 bits per heavy atom. The lowest BCUT2D eigenvalue weighted by molar-refractivity contribution is 0.193. The van der Waals surface area contributed by atoms with Gasteiger partial charge in [0.25, 0.3) is 5.56 Å². The highest BCUT2D eigenvalue weighted by atomic mass is 16.2. The van der Waals surface area contributed by atoms with Crippen LogP contribution in [-0.4, -0.2) is 37.2 Å². The van der Waals surface area contributed by atoms with Crippen LogP contribution in [-0.2, 0) is 25.9 Å². The number of aryl methyl sites for hydroxylation is 3. The first-order chi connectivity index (χ1) is 11.6. The van der Waals surface area contributed by atoms with Crippen LogP contribution in [0.5, 0.6) is 0 Å². The van der Waals surface area contributed by atoms with Crippen molar-refractivity contribution >= 4 is 11.7 Å². The number of hydrogen-bond acceptors (Lipinski definition) is 4. The molecule has 0 saturated carbocycles. The minimum Gasteiger partial charge on any atom is -0.324 e. The highest BCUT2D eigenvalue weighted by Gasteiger charge is 2.24. The van der Waals surface area contributed by atoms with Crippen molar-refractivity contribution in [2.24, 2.45) is 0 Å². The summed E-state index contributed by atoms with van der Waals surface area (Å²) in [7, 11) is 0. The van der Waals surface area contributed by atoms with Gasteiger partial charge in [0.15, 0.2) is 0 Å². The molecule has 2 aromatic heterocycles. The van der Waals surface area contributed by atoms with Crippen LogP contribution in [0.2, 0.25) is 0 Å². The van der Waals surface area contributed by atoms with E-state index in [9.17, 15) is 9.59 Å². The molecule has 2 amide bonds. The highest BCUT2D eigenvalue weighted by molar-refractivity contribution is 5.89. The molecule has 0 aromatic carbocycles. The number of carbonyl (C=O) groups is 1. The first-order valence-electron chi connectivity index (χ1n) is 8.31. The number of fused-ring (bicyclic) bond motifs is 2. The van der Waals surface area contributed by atoms with Crippen molar-refractivity contribution in [1.29, 1.82) is 0 Å². The van der Waals surface area contributed by atoms with Crippen LogP contribution in [0.15, 0.2) is 10.9 Å². The number of anilines is 1. The molecule has 0 fully saturated rings. The standard InChI is InChI=1S/C16H20N6O2/c1-10-17-14-9-21(6-7-22(14)20-10)16(24)19-13-8-11-4-2-3-5-12(11)18-15(13)23/h8H,2-7,9H2,1H3,(H,18,23)(H,19,24). The number of carbonyl (C=O) groups excluding carboxylic acids is 1. The molecule has 0 bridgehead atoms. The second-order valence-corrected chi connectivity index (χ2v) is 6.37. The third-order valence-electron chi connectivity index (χ3n) is 4.64. The number of amides is 2. The molecule has 1 aliphatic carbocycles. The fourth-order valence-electron chi connectivity index (χ4n) is 3.40. The number of rotatable bonds is 1. The zero-order chi connectivity index (χ0) is 16.7. The predicted octanol–water partition coefficient (Wildman–Crippen LogP) is 1.20. The fourth-order valence-corrected chi connectivity index (χ4v) is 3.40. The Morgan fingerprint density at radius 2 is 2.12 bits per heavy atom. The van der Waals surface area contributed by atoms with Gasteiger partial charge in [0.2, 0.25) is 0 Å². The maximum atomic E-state index is 12.5. The Morgan fingerprint density at radius 3 is 3.00 bits per heavy atom. The average Bonchev–Trinajstić information content (AvgIpc) is 2.94. The molecule has 0 unspecified atom stereocenters. The number of aromatic amines is 1. The molecule has 2 aliphatic rings. The quantitative estimate of drug-likeness (QED) is 0.822. The maximum absolute atomic E-state index is 12.5. The summed E-state index contributed by atoms with van der Waals surface area (Å²) in [5, 5.41) is 7.04. The first kappa shape index (κ1) is 14.9. The van der Waals surface area contributed by atoms with Gasteiger partial charge < -0.3 is 15.2 Å². The third kappa shape index (κ3) is 2.68. The van der Waals surface area contributed by atoms with E-state index < -0.39 is 0 Å². The summed E-state index contributed by atoms with van der Waals surface area (Å²) in [6.45, 7) is 3.40. The molecule has 0 spiro atoms. The Bertz CT molecular complexity index is 853. The highest BCUT2D eigenvalue weighted by Crippen LogP contribution is 2.20. The van der Waals surface area contributed by atoms with Crippen molar-refractivity contribution in [3.63, 3.8) is 0 Å². The molecule has 2 aromatic rings. The van der Waals surface area contributed by atoms with Gasteiger partial charge in [-0.15, -0.1) is 0 Å². The van der Waals surface area contributed by atoms with E-state index in [1.165, 1.54) is 0 Å². The Labute approximate surface area is 138 Å². The predicted molar refractivity (Wildman–Crippen MR) is 87.9 cm³/mol. The van der Waals surface area contributed by atoms with Crippen LogP contribution < -0.4 is 10.9 Å². The molecule has 126 valence electrons. The summed E-state index contributed by atoms with van der Waals surface area (Å²) in [6.07, 6.45) is 4.07. The normalized spacial score (nSPS) is 16.5. The van der Waals surface area contributed by atoms with Crippen LogP contribution >= 0.6 is 0 Å². The van der Waals surface area contributed by atoms with Gasteiger partial charge in [-0.1, -0.05) is 0 Å². The van der Waals surface area contributed by atoms with E-state index in [2.05, 4.69) is 20.4 Å². The van der Waals surface area contributed by atoms with E-state index in [0.29, 0.717) is 31.1 Å². The van der Waals surface area contributed by atoms with Crippen molar-refractivity contribution < 1.29 is 4.79 Å². The molecule has 0 radical (unpaired) electrons. The summed E-state index contributed by atoms with van der Waals surface area (Å²) in [6, 6.07) is 1.55. The molecule has 24 heavy (non-hydrogen) atoms. The number of urea groups is 1. The van der Waals surface area contributed by atoms with Gasteiger partial charge in [0.1, 0.15) is 17.3 Å². The monoisotopic (exact) mass is 328 g/mol. The summed E-state index contributed by atoms with van der Waals surface area (Å²) in [5.74, 6) is 1.48. The lowest BCUT2D eigenvalue weighted by Gasteiger charge is -2.27. The molecular formula is C16H20N6O2. The number of aromatic nitrogens is 4. The minimum absolute atomic E-state index is 0.236. The van der Waals surface area contributed by atoms with Crippen LogP contribution in [0.3, 0.4) is 0 Å². The Balaban J connectivity index is 1.51. The molecule has 0 saturated heterocycles. The molecule has 8 heteroatoms. The van der Waals surface area contributed by atoms with Crippen molar-refractivity contribution in [3.05, 3.63) is 39.3 Å². The van der Waals surface area contributed by atoms with Gasteiger partial charge in [-0.05, 0) is 44.2 Å². The van der Waals surface area contributed by atoms with Crippen LogP contribution in [0.4, 0.5) is 10.5 Å². The van der Waals surface area contributed by atoms with Crippen molar-refractivity contribution in [1.82, 2.24) is 24.6 Å². The minimum atomic E-state index is -0.275. The number of nitrogens with one attached hydrogen (secondary N) is 2. The van der Waals surface area contributed by atoms with E-state index in [1.54, 1.807) is 4.90 Å². The molecule has 8 nitrogen and oxygen atoms in total. The summed E-state index contributed by atoms with van der Waals surface area (Å²) in [5.41, 5.74) is 2.22. The summed E-state index contributed by atoms with van der Waals surface area (Å²) < 4.78 is 1.82. The van der Waals surface area contributed by atoms with E-state index >= 15 is 0 Å². The van der Waals surface area contributed by atoms with Crippen LogP contribution in [0, 0.1) is 6.92 Å². The van der Waals surface area contributed by atoms with Gasteiger partial charge in [-0.2, -0.15) is 5.10 Å². The molecule has 1 aliphatic heterocycles.